The van der Waals surface area contributed by atoms with Crippen LogP contribution in [0.25, 0.3) is 10.9 Å². The van der Waals surface area contributed by atoms with Crippen LogP contribution in [-0.4, -0.2) is 51.8 Å². The standard InChI is InChI=1S/C32H31ClN4O6S/c1-37(17-20-15-28(38)35-24-11-8-21(33)16-23(20)24)31(41)25(36-30(40)26-12-13-27(44-26)32(42)43)14-18-6-9-22(10-7-18)34-29(39)19-4-2-3-5-19/h6-13,15-16,19,25H,2-5,14,17H2,1H3,(H,34,39)(H,35,38)(H,36,40)(H,42,43)/t25-/m0/s1. The Morgan fingerprint density at radius 3 is 2.41 bits per heavy atom. The van der Waals surface area contributed by atoms with E-state index >= 15 is 0 Å². The van der Waals surface area contributed by atoms with Crippen LogP contribution in [0.5, 0.6) is 0 Å². The van der Waals surface area contributed by atoms with Crippen LogP contribution in [0.1, 0.15) is 56.2 Å². The Balaban J connectivity index is 1.36. The number of hydrogen-bond donors (Lipinski definition) is 4. The van der Waals surface area contributed by atoms with Gasteiger partial charge < -0.3 is 25.6 Å². The number of likely N-dealkylation sites (N-methyl/N-ethyl adjacent to an activating group) is 1. The van der Waals surface area contributed by atoms with Crippen molar-refractivity contribution in [3.05, 3.63) is 96.9 Å². The third kappa shape index (κ3) is 7.35. The number of halogens is 1. The molecule has 0 bridgehead atoms. The van der Waals surface area contributed by atoms with E-state index in [-0.39, 0.29) is 40.1 Å². The second-order valence-corrected chi connectivity index (χ2v) is 12.4. The summed E-state index contributed by atoms with van der Waals surface area (Å²) in [5, 5.41) is 16.2. The number of benzene rings is 2. The highest BCUT2D eigenvalue weighted by atomic mass is 35.5. The van der Waals surface area contributed by atoms with Gasteiger partial charge in [-0.15, -0.1) is 11.3 Å². The zero-order valence-corrected chi connectivity index (χ0v) is 25.5. The number of carbonyl (C=O) groups excluding carboxylic acids is 3. The van der Waals surface area contributed by atoms with Crippen LogP contribution in [0, 0.1) is 5.92 Å². The largest absolute Gasteiger partial charge is 0.477 e. The number of carboxylic acid groups (broad SMARTS) is 1. The number of hydrogen-bond acceptors (Lipinski definition) is 6. The highest BCUT2D eigenvalue weighted by Gasteiger charge is 2.27. The van der Waals surface area contributed by atoms with Crippen molar-refractivity contribution in [2.24, 2.45) is 5.92 Å². The predicted molar refractivity (Wildman–Crippen MR) is 169 cm³/mol. The van der Waals surface area contributed by atoms with E-state index < -0.39 is 23.8 Å². The maximum atomic E-state index is 13.8. The molecule has 228 valence electrons. The number of nitrogens with one attached hydrogen (secondary N) is 3. The third-order valence-corrected chi connectivity index (χ3v) is 9.01. The van der Waals surface area contributed by atoms with E-state index in [1.165, 1.54) is 23.1 Å². The molecule has 5 rings (SSSR count). The summed E-state index contributed by atoms with van der Waals surface area (Å²) in [4.78, 5) is 67.5. The topological polar surface area (TPSA) is 149 Å². The SMILES string of the molecule is CN(Cc1cc(=O)[nH]c2ccc(Cl)cc12)C(=O)[C@H](Cc1ccc(NC(=O)C2CCCC2)cc1)NC(=O)c1ccc(C(=O)O)s1. The van der Waals surface area contributed by atoms with Crippen molar-refractivity contribution in [3.8, 4) is 0 Å². The van der Waals surface area contributed by atoms with Gasteiger partial charge in [0.25, 0.3) is 5.91 Å². The Bertz CT molecular complexity index is 1780. The number of aromatic carboxylic acids is 1. The summed E-state index contributed by atoms with van der Waals surface area (Å²) in [5.41, 5.74) is 2.22. The molecule has 1 saturated carbocycles. The molecule has 0 aliphatic heterocycles. The molecule has 2 aromatic carbocycles. The molecule has 1 atom stereocenters. The van der Waals surface area contributed by atoms with Crippen LogP contribution in [0.4, 0.5) is 5.69 Å². The number of pyridine rings is 1. The number of amides is 3. The first-order chi connectivity index (χ1) is 21.1. The summed E-state index contributed by atoms with van der Waals surface area (Å²) in [6.07, 6.45) is 4.02. The van der Waals surface area contributed by atoms with Crippen LogP contribution in [0.3, 0.4) is 0 Å². The highest BCUT2D eigenvalue weighted by molar-refractivity contribution is 7.15. The van der Waals surface area contributed by atoms with Crippen LogP contribution in [0.15, 0.2) is 65.5 Å². The summed E-state index contributed by atoms with van der Waals surface area (Å²) >= 11 is 7.01. The molecule has 2 aromatic heterocycles. The van der Waals surface area contributed by atoms with Gasteiger partial charge in [0.1, 0.15) is 10.9 Å². The van der Waals surface area contributed by atoms with E-state index in [1.807, 2.05) is 0 Å². The lowest BCUT2D eigenvalue weighted by atomic mass is 10.0. The van der Waals surface area contributed by atoms with Gasteiger partial charge in [0.15, 0.2) is 0 Å². The van der Waals surface area contributed by atoms with E-state index in [0.29, 0.717) is 27.2 Å². The monoisotopic (exact) mass is 634 g/mol. The van der Waals surface area contributed by atoms with Crippen molar-refractivity contribution in [2.45, 2.75) is 44.7 Å². The number of aromatic amines is 1. The smallest absolute Gasteiger partial charge is 0.345 e. The van der Waals surface area contributed by atoms with Gasteiger partial charge in [-0.05, 0) is 66.4 Å². The Morgan fingerprint density at radius 1 is 1.02 bits per heavy atom. The van der Waals surface area contributed by atoms with E-state index in [0.717, 1.165) is 42.6 Å². The number of carboxylic acids is 1. The van der Waals surface area contributed by atoms with Crippen molar-refractivity contribution in [1.29, 1.82) is 0 Å². The Kier molecular flexibility index (Phi) is 9.46. The van der Waals surface area contributed by atoms with Gasteiger partial charge in [-0.2, -0.15) is 0 Å². The molecular formula is C32H31ClN4O6S. The van der Waals surface area contributed by atoms with Crippen molar-refractivity contribution < 1.29 is 24.3 Å². The summed E-state index contributed by atoms with van der Waals surface area (Å²) in [6, 6.07) is 15.3. The van der Waals surface area contributed by atoms with E-state index in [4.69, 9.17) is 11.6 Å². The zero-order valence-electron chi connectivity index (χ0n) is 23.9. The van der Waals surface area contributed by atoms with E-state index in [9.17, 15) is 29.1 Å². The fourth-order valence-corrected chi connectivity index (χ4v) is 6.34. The van der Waals surface area contributed by atoms with E-state index in [2.05, 4.69) is 15.6 Å². The lowest BCUT2D eigenvalue weighted by Gasteiger charge is -2.25. The fraction of sp³-hybridized carbons (Fsp3) is 0.281. The van der Waals surface area contributed by atoms with Gasteiger partial charge in [0.05, 0.1) is 4.88 Å². The lowest BCUT2D eigenvalue weighted by molar-refractivity contribution is -0.132. The van der Waals surface area contributed by atoms with Gasteiger partial charge in [-0.3, -0.25) is 19.2 Å². The molecule has 0 radical (unpaired) electrons. The number of rotatable bonds is 10. The molecule has 0 unspecified atom stereocenters. The Morgan fingerprint density at radius 2 is 1.73 bits per heavy atom. The first kappa shape index (κ1) is 31.0. The molecule has 4 aromatic rings. The minimum atomic E-state index is -1.15. The molecular weight excluding hydrogens is 604 g/mol. The summed E-state index contributed by atoms with van der Waals surface area (Å²) < 4.78 is 0. The number of anilines is 1. The molecule has 4 N–H and O–H groups in total. The molecule has 2 heterocycles. The average Bonchev–Trinajstić information content (AvgIpc) is 3.71. The molecule has 1 fully saturated rings. The van der Waals surface area contributed by atoms with Gasteiger partial charge in [-0.25, -0.2) is 4.79 Å². The number of thiophene rings is 1. The number of H-pyrrole nitrogens is 1. The second-order valence-electron chi connectivity index (χ2n) is 10.9. The highest BCUT2D eigenvalue weighted by Crippen LogP contribution is 2.26. The van der Waals surface area contributed by atoms with Gasteiger partial charge in [0.2, 0.25) is 17.4 Å². The minimum absolute atomic E-state index is 0.00225. The number of carbonyl (C=O) groups is 4. The summed E-state index contributed by atoms with van der Waals surface area (Å²) in [7, 11) is 1.58. The molecule has 1 aliphatic carbocycles. The first-order valence-electron chi connectivity index (χ1n) is 14.2. The van der Waals surface area contributed by atoms with Crippen molar-refractivity contribution in [1.82, 2.24) is 15.2 Å². The van der Waals surface area contributed by atoms with Crippen LogP contribution in [-0.2, 0) is 22.6 Å². The molecule has 0 spiro atoms. The normalized spacial score (nSPS) is 13.9. The number of fused-ring (bicyclic) bond motifs is 1. The molecule has 12 heteroatoms. The average molecular weight is 635 g/mol. The molecule has 10 nitrogen and oxygen atoms in total. The predicted octanol–water partition coefficient (Wildman–Crippen LogP) is 5.07. The maximum absolute atomic E-state index is 13.8. The third-order valence-electron chi connectivity index (χ3n) is 7.71. The van der Waals surface area contributed by atoms with Crippen LogP contribution in [0.2, 0.25) is 5.02 Å². The van der Waals surface area contributed by atoms with Gasteiger partial charge in [-0.1, -0.05) is 36.6 Å². The second kappa shape index (κ2) is 13.4. The molecule has 0 saturated heterocycles. The van der Waals surface area contributed by atoms with Crippen molar-refractivity contribution >= 4 is 63.2 Å². The van der Waals surface area contributed by atoms with Crippen LogP contribution < -0.4 is 16.2 Å². The van der Waals surface area contributed by atoms with Crippen molar-refractivity contribution in [2.75, 3.05) is 12.4 Å². The minimum Gasteiger partial charge on any atom is -0.477 e. The fourth-order valence-electron chi connectivity index (χ4n) is 5.42. The zero-order chi connectivity index (χ0) is 31.4. The quantitative estimate of drug-likeness (QED) is 0.191. The number of aromatic nitrogens is 1. The summed E-state index contributed by atoms with van der Waals surface area (Å²) in [6.45, 7) is 0.0697. The van der Waals surface area contributed by atoms with Crippen LogP contribution >= 0.6 is 22.9 Å². The Hall–Kier alpha value is -4.48. The van der Waals surface area contributed by atoms with Gasteiger partial charge >= 0.3 is 5.97 Å². The summed E-state index contributed by atoms with van der Waals surface area (Å²) in [5.74, 6) is -2.12. The lowest BCUT2D eigenvalue weighted by Crippen LogP contribution is -2.48. The number of nitrogens with zero attached hydrogens (tertiary/aromatic N) is 1. The first-order valence-corrected chi connectivity index (χ1v) is 15.4. The Labute approximate surface area is 262 Å². The van der Waals surface area contributed by atoms with Crippen molar-refractivity contribution in [3.63, 3.8) is 0 Å². The molecule has 3 amide bonds. The molecule has 44 heavy (non-hydrogen) atoms. The molecule has 1 aliphatic rings. The van der Waals surface area contributed by atoms with Gasteiger partial charge in [0, 0.05) is 53.6 Å². The maximum Gasteiger partial charge on any atom is 0.345 e. The van der Waals surface area contributed by atoms with E-state index in [1.54, 1.807) is 49.5 Å².